The average Bonchev–Trinajstić information content (AvgIpc) is 2.90. The Labute approximate surface area is 132 Å². The first-order valence-corrected chi connectivity index (χ1v) is 7.61. The van der Waals surface area contributed by atoms with Crippen molar-refractivity contribution in [2.24, 2.45) is 11.8 Å². The molecule has 4 heteroatoms. The lowest BCUT2D eigenvalue weighted by Gasteiger charge is -2.23. The zero-order valence-electron chi connectivity index (χ0n) is 12.6. The molecule has 1 saturated carbocycles. The van der Waals surface area contributed by atoms with Crippen LogP contribution in [-0.2, 0) is 9.53 Å². The van der Waals surface area contributed by atoms with Gasteiger partial charge in [0.15, 0.2) is 0 Å². The van der Waals surface area contributed by atoms with Crippen LogP contribution in [0, 0.1) is 36.5 Å². The van der Waals surface area contributed by atoms with Crippen molar-refractivity contribution >= 4 is 5.97 Å². The Kier molecular flexibility index (Phi) is 6.42. The van der Waals surface area contributed by atoms with Gasteiger partial charge in [0.1, 0.15) is 5.75 Å². The molecule has 22 heavy (non-hydrogen) atoms. The third-order valence-corrected chi connectivity index (χ3v) is 3.97. The van der Waals surface area contributed by atoms with Crippen molar-refractivity contribution in [1.29, 1.82) is 5.26 Å². The van der Waals surface area contributed by atoms with E-state index >= 15 is 0 Å². The lowest BCUT2D eigenvalue weighted by atomic mass is 9.89. The fourth-order valence-electron chi connectivity index (χ4n) is 2.83. The van der Waals surface area contributed by atoms with Gasteiger partial charge in [0, 0.05) is 0 Å². The van der Waals surface area contributed by atoms with E-state index in [9.17, 15) is 4.79 Å². The Morgan fingerprint density at radius 2 is 2.14 bits per heavy atom. The van der Waals surface area contributed by atoms with Gasteiger partial charge in [-0.05, 0) is 36.8 Å². The van der Waals surface area contributed by atoms with Crippen LogP contribution in [0.4, 0.5) is 0 Å². The summed E-state index contributed by atoms with van der Waals surface area (Å²) in [6, 6.07) is 11.1. The lowest BCUT2D eigenvalue weighted by molar-refractivity contribution is -0.136. The van der Waals surface area contributed by atoms with Gasteiger partial charge in [-0.2, -0.15) is 5.26 Å². The predicted octanol–water partition coefficient (Wildman–Crippen LogP) is 3.35. The molecule has 0 heterocycles. The van der Waals surface area contributed by atoms with Crippen molar-refractivity contribution in [2.45, 2.75) is 31.8 Å². The number of nitriles is 1. The van der Waals surface area contributed by atoms with Crippen molar-refractivity contribution < 1.29 is 14.3 Å². The number of carbonyl (C=O) groups excluding carboxylic acids is 1. The summed E-state index contributed by atoms with van der Waals surface area (Å²) in [6.45, 7) is 4.35. The number of benzene rings is 1. The summed E-state index contributed by atoms with van der Waals surface area (Å²) < 4.78 is 11.1. The summed E-state index contributed by atoms with van der Waals surface area (Å²) in [5.41, 5.74) is 0. The number of para-hydroxylation sites is 1. The number of esters is 1. The Balaban J connectivity index is 1.91. The molecule has 0 amide bonds. The second-order valence-electron chi connectivity index (χ2n) is 5.42. The van der Waals surface area contributed by atoms with E-state index < -0.39 is 0 Å². The lowest BCUT2D eigenvalue weighted by Crippen LogP contribution is -2.27. The third kappa shape index (κ3) is 4.57. The van der Waals surface area contributed by atoms with E-state index in [2.05, 4.69) is 19.4 Å². The summed E-state index contributed by atoms with van der Waals surface area (Å²) in [5, 5.41) is 8.59. The number of nitrogens with zero attached hydrogens (tertiary/aromatic N) is 1. The van der Waals surface area contributed by atoms with Crippen molar-refractivity contribution in [3.8, 4) is 11.8 Å². The molecule has 116 valence electrons. The first-order chi connectivity index (χ1) is 10.7. The Morgan fingerprint density at radius 1 is 1.36 bits per heavy atom. The van der Waals surface area contributed by atoms with Gasteiger partial charge >= 0.3 is 5.97 Å². The molecule has 1 aliphatic carbocycles. The number of hydrogen-bond acceptors (Lipinski definition) is 4. The molecule has 0 saturated heterocycles. The van der Waals surface area contributed by atoms with Crippen molar-refractivity contribution in [2.75, 3.05) is 6.61 Å². The summed E-state index contributed by atoms with van der Waals surface area (Å²) in [5.74, 6) is 0.712. The number of carbonyl (C=O) groups is 1. The van der Waals surface area contributed by atoms with E-state index in [-0.39, 0.29) is 18.0 Å². The highest BCUT2D eigenvalue weighted by molar-refractivity contribution is 5.72. The van der Waals surface area contributed by atoms with E-state index in [1.165, 1.54) is 0 Å². The largest absolute Gasteiger partial charge is 0.427 e. The molecule has 1 fully saturated rings. The number of rotatable bonds is 7. The zero-order chi connectivity index (χ0) is 15.8. The standard InChI is InChI=1S/C18H21NO3/c1-2-14-9-10-17(21-12-6-11-19)16(14)13-18(20)22-15-7-4-3-5-8-15/h3-5,7-8,10,14,16-17H,1-2,6,9,12-13H2. The van der Waals surface area contributed by atoms with Crippen LogP contribution in [0.15, 0.2) is 30.3 Å². The zero-order valence-corrected chi connectivity index (χ0v) is 12.6. The Morgan fingerprint density at radius 3 is 2.82 bits per heavy atom. The molecule has 3 atom stereocenters. The topological polar surface area (TPSA) is 59.3 Å². The summed E-state index contributed by atoms with van der Waals surface area (Å²) in [4.78, 5) is 12.1. The molecule has 1 aromatic carbocycles. The molecule has 0 aromatic heterocycles. The molecule has 0 N–H and O–H groups in total. The highest BCUT2D eigenvalue weighted by atomic mass is 16.5. The molecule has 1 aliphatic rings. The van der Waals surface area contributed by atoms with Crippen LogP contribution in [0.25, 0.3) is 0 Å². The Hall–Kier alpha value is -1.86. The second-order valence-corrected chi connectivity index (χ2v) is 5.42. The summed E-state index contributed by atoms with van der Waals surface area (Å²) >= 11 is 0. The molecule has 2 rings (SSSR count). The van der Waals surface area contributed by atoms with Gasteiger partial charge in [-0.1, -0.05) is 31.5 Å². The summed E-state index contributed by atoms with van der Waals surface area (Å²) in [7, 11) is 0. The maximum absolute atomic E-state index is 12.1. The van der Waals surface area contributed by atoms with Crippen LogP contribution < -0.4 is 4.74 Å². The van der Waals surface area contributed by atoms with Crippen LogP contribution in [0.3, 0.4) is 0 Å². The van der Waals surface area contributed by atoms with Gasteiger partial charge in [-0.15, -0.1) is 0 Å². The first kappa shape index (κ1) is 16.5. The Bertz CT molecular complexity index is 509. The van der Waals surface area contributed by atoms with E-state index in [4.69, 9.17) is 14.7 Å². The molecule has 3 unspecified atom stereocenters. The molecular formula is C18H21NO3. The quantitative estimate of drug-likeness (QED) is 0.440. The third-order valence-electron chi connectivity index (χ3n) is 3.97. The SMILES string of the molecule is [CH2]CC1C[CH]C(OCCC#N)C1CC(=O)Oc1ccccc1. The molecule has 0 bridgehead atoms. The van der Waals surface area contributed by atoms with Crippen LogP contribution in [0.1, 0.15) is 25.7 Å². The minimum Gasteiger partial charge on any atom is -0.427 e. The van der Waals surface area contributed by atoms with E-state index in [0.717, 1.165) is 12.8 Å². The van der Waals surface area contributed by atoms with Crippen LogP contribution in [-0.4, -0.2) is 18.7 Å². The molecule has 1 aromatic rings. The minimum atomic E-state index is -0.251. The predicted molar refractivity (Wildman–Crippen MR) is 82.5 cm³/mol. The highest BCUT2D eigenvalue weighted by Gasteiger charge is 2.37. The fourth-order valence-corrected chi connectivity index (χ4v) is 2.83. The van der Waals surface area contributed by atoms with E-state index in [1.807, 2.05) is 18.2 Å². The molecule has 0 spiro atoms. The maximum atomic E-state index is 12.1. The van der Waals surface area contributed by atoms with Crippen molar-refractivity contribution in [3.63, 3.8) is 0 Å². The van der Waals surface area contributed by atoms with Gasteiger partial charge in [0.05, 0.1) is 31.6 Å². The second kappa shape index (κ2) is 8.55. The monoisotopic (exact) mass is 299 g/mol. The van der Waals surface area contributed by atoms with Gasteiger partial charge < -0.3 is 9.47 Å². The normalized spacial score (nSPS) is 23.9. The first-order valence-electron chi connectivity index (χ1n) is 7.61. The van der Waals surface area contributed by atoms with Gasteiger partial charge in [0.2, 0.25) is 0 Å². The maximum Gasteiger partial charge on any atom is 0.311 e. The van der Waals surface area contributed by atoms with Gasteiger partial charge in [-0.3, -0.25) is 4.79 Å². The van der Waals surface area contributed by atoms with Crippen molar-refractivity contribution in [1.82, 2.24) is 0 Å². The van der Waals surface area contributed by atoms with Crippen LogP contribution in [0.5, 0.6) is 5.75 Å². The minimum absolute atomic E-state index is 0.0763. The van der Waals surface area contributed by atoms with Crippen molar-refractivity contribution in [3.05, 3.63) is 43.7 Å². The molecule has 4 nitrogen and oxygen atoms in total. The van der Waals surface area contributed by atoms with Gasteiger partial charge in [0.25, 0.3) is 0 Å². The van der Waals surface area contributed by atoms with Crippen LogP contribution in [0.2, 0.25) is 0 Å². The van der Waals surface area contributed by atoms with E-state index in [0.29, 0.717) is 31.1 Å². The smallest absolute Gasteiger partial charge is 0.311 e. The molecular weight excluding hydrogens is 278 g/mol. The summed E-state index contributed by atoms with van der Waals surface area (Å²) in [6.07, 6.45) is 4.32. The number of ether oxygens (including phenoxy) is 2. The van der Waals surface area contributed by atoms with Crippen LogP contribution >= 0.6 is 0 Å². The highest BCUT2D eigenvalue weighted by Crippen LogP contribution is 2.38. The average molecular weight is 299 g/mol. The van der Waals surface area contributed by atoms with Gasteiger partial charge in [-0.25, -0.2) is 0 Å². The molecule has 0 aliphatic heterocycles. The molecule has 2 radical (unpaired) electrons. The van der Waals surface area contributed by atoms with E-state index in [1.54, 1.807) is 12.1 Å². The fraction of sp³-hybridized carbons (Fsp3) is 0.444. The number of hydrogen-bond donors (Lipinski definition) is 0.